The van der Waals surface area contributed by atoms with E-state index in [4.69, 9.17) is 9.72 Å². The smallest absolute Gasteiger partial charge is 0.411 e. The minimum atomic E-state index is -1.11. The highest BCUT2D eigenvalue weighted by molar-refractivity contribution is 5.89. The van der Waals surface area contributed by atoms with Gasteiger partial charge in [-0.2, -0.15) is 0 Å². The van der Waals surface area contributed by atoms with Gasteiger partial charge in [0.05, 0.1) is 23.8 Å². The van der Waals surface area contributed by atoms with Crippen LogP contribution in [0.15, 0.2) is 60.7 Å². The molecule has 6 rings (SSSR count). The number of aromatic carboxylic acids is 1. The molecule has 2 fully saturated rings. The van der Waals surface area contributed by atoms with Gasteiger partial charge in [0, 0.05) is 47.5 Å². The van der Waals surface area contributed by atoms with E-state index < -0.39 is 41.7 Å². The number of anilines is 1. The number of aromatic hydroxyl groups is 1. The number of hydrogen-bond donors (Lipinski definition) is 2. The lowest BCUT2D eigenvalue weighted by Gasteiger charge is -2.33. The van der Waals surface area contributed by atoms with Crippen LogP contribution in [0.5, 0.6) is 5.75 Å². The van der Waals surface area contributed by atoms with Crippen LogP contribution in [-0.4, -0.2) is 51.3 Å². The number of carboxylic acids is 1. The van der Waals surface area contributed by atoms with Crippen molar-refractivity contribution in [2.45, 2.75) is 39.0 Å². The van der Waals surface area contributed by atoms with Crippen molar-refractivity contribution < 1.29 is 37.7 Å². The van der Waals surface area contributed by atoms with Crippen molar-refractivity contribution in [2.24, 2.45) is 0 Å². The molecule has 8 nitrogen and oxygen atoms in total. The van der Waals surface area contributed by atoms with Gasteiger partial charge in [0.25, 0.3) is 0 Å². The number of nitrogens with zero attached hydrogens (tertiary/aromatic N) is 3. The summed E-state index contributed by atoms with van der Waals surface area (Å²) in [5.41, 5.74) is 2.45. The van der Waals surface area contributed by atoms with Crippen LogP contribution in [0.2, 0.25) is 0 Å². The molecule has 0 saturated carbocycles. The quantitative estimate of drug-likeness (QED) is 0.239. The number of hydrogen-bond acceptors (Lipinski definition) is 6. The van der Waals surface area contributed by atoms with E-state index in [1.54, 1.807) is 26.0 Å². The third-order valence-corrected chi connectivity index (χ3v) is 8.20. The molecule has 44 heavy (non-hydrogen) atoms. The first-order chi connectivity index (χ1) is 21.0. The summed E-state index contributed by atoms with van der Waals surface area (Å²) in [6.45, 7) is 4.92. The molecular formula is C33H28F3N3O5. The third kappa shape index (κ3) is 5.29. The molecule has 2 aliphatic rings. The van der Waals surface area contributed by atoms with E-state index in [1.165, 1.54) is 29.2 Å². The van der Waals surface area contributed by atoms with Gasteiger partial charge in [0.2, 0.25) is 0 Å². The molecular weight excluding hydrogens is 575 g/mol. The van der Waals surface area contributed by atoms with Crippen LogP contribution < -0.4 is 4.90 Å². The van der Waals surface area contributed by atoms with Gasteiger partial charge >= 0.3 is 12.1 Å². The van der Waals surface area contributed by atoms with E-state index in [1.807, 2.05) is 0 Å². The zero-order valence-corrected chi connectivity index (χ0v) is 23.9. The van der Waals surface area contributed by atoms with E-state index in [9.17, 15) is 28.6 Å². The highest BCUT2D eigenvalue weighted by Crippen LogP contribution is 2.41. The molecule has 2 saturated heterocycles. The average Bonchev–Trinajstić information content (AvgIpc) is 3.21. The number of cyclic esters (lactones) is 1. The fourth-order valence-electron chi connectivity index (χ4n) is 5.72. The number of phenolic OH excluding ortho intramolecular Hbond substituents is 1. The Morgan fingerprint density at radius 2 is 1.66 bits per heavy atom. The fourth-order valence-corrected chi connectivity index (χ4v) is 5.72. The zero-order chi connectivity index (χ0) is 31.3. The number of carbonyl (C=O) groups is 2. The van der Waals surface area contributed by atoms with Gasteiger partial charge in [-0.15, -0.1) is 0 Å². The molecule has 1 aromatic heterocycles. The number of aryl methyl sites for hydroxylation is 1. The number of carboxylic acid groups (broad SMARTS) is 1. The summed E-state index contributed by atoms with van der Waals surface area (Å²) in [4.78, 5) is 32.8. The summed E-state index contributed by atoms with van der Waals surface area (Å²) in [5.74, 6) is -3.07. The highest BCUT2D eigenvalue weighted by atomic mass is 19.1. The van der Waals surface area contributed by atoms with E-state index in [-0.39, 0.29) is 34.5 Å². The Labute approximate surface area is 251 Å². The molecule has 226 valence electrons. The topological polar surface area (TPSA) is 103 Å². The Morgan fingerprint density at radius 1 is 0.955 bits per heavy atom. The first-order valence-electron chi connectivity index (χ1n) is 14.1. The summed E-state index contributed by atoms with van der Waals surface area (Å²) >= 11 is 0. The van der Waals surface area contributed by atoms with Crippen LogP contribution in [0.3, 0.4) is 0 Å². The number of pyridine rings is 1. The molecule has 1 amide bonds. The molecule has 3 heterocycles. The Kier molecular flexibility index (Phi) is 7.40. The largest absolute Gasteiger partial charge is 0.507 e. The maximum atomic E-state index is 15.3. The number of carbonyl (C=O) groups excluding carboxylic acids is 1. The SMILES string of the molecule is Cc1cc(C(=O)O)ccc1-c1cc(-c2ccc(N3CCC3)nc2CN2C(=O)O[C@H](c3cc(F)cc(F)c3)[C@@H]2C)c(O)cc1F. The Hall–Kier alpha value is -5.06. The van der Waals surface area contributed by atoms with Gasteiger partial charge in [-0.25, -0.2) is 27.7 Å². The van der Waals surface area contributed by atoms with E-state index in [0.717, 1.165) is 43.8 Å². The molecule has 11 heteroatoms. The molecule has 0 spiro atoms. The summed E-state index contributed by atoms with van der Waals surface area (Å²) in [5, 5.41) is 20.3. The molecule has 0 bridgehead atoms. The minimum Gasteiger partial charge on any atom is -0.507 e. The number of benzene rings is 3. The number of aromatic nitrogens is 1. The fraction of sp³-hybridized carbons (Fsp3) is 0.242. The molecule has 0 radical (unpaired) electrons. The molecule has 2 atom stereocenters. The second-order valence-electron chi connectivity index (χ2n) is 11.1. The van der Waals surface area contributed by atoms with Crippen LogP contribution >= 0.6 is 0 Å². The number of amides is 1. The number of ether oxygens (including phenoxy) is 1. The lowest BCUT2D eigenvalue weighted by atomic mass is 9.93. The summed E-state index contributed by atoms with van der Waals surface area (Å²) < 4.78 is 48.7. The van der Waals surface area contributed by atoms with Crippen LogP contribution in [-0.2, 0) is 11.3 Å². The standard InChI is InChI=1S/C33H28F3N3O5/c1-17-10-19(32(41)42)4-5-23(17)25-14-26(29(40)15-27(25)36)24-6-7-30(38-8-3-9-38)37-28(24)16-39-18(2)31(44-33(39)43)20-11-21(34)13-22(35)12-20/h4-7,10-15,18,31,40H,3,8-9,16H2,1-2H3,(H,41,42)/t18-,31-/m0/s1. The first-order valence-corrected chi connectivity index (χ1v) is 14.1. The van der Waals surface area contributed by atoms with Gasteiger partial charge in [0.15, 0.2) is 0 Å². The first kappa shape index (κ1) is 29.0. The van der Waals surface area contributed by atoms with Crippen molar-refractivity contribution in [3.8, 4) is 28.0 Å². The van der Waals surface area contributed by atoms with Gasteiger partial charge in [0.1, 0.15) is 35.1 Å². The number of phenols is 1. The Bertz CT molecular complexity index is 1790. The molecule has 3 aromatic carbocycles. The van der Waals surface area contributed by atoms with Crippen molar-refractivity contribution in [1.82, 2.24) is 9.88 Å². The molecule has 4 aromatic rings. The van der Waals surface area contributed by atoms with E-state index in [2.05, 4.69) is 4.90 Å². The Morgan fingerprint density at radius 3 is 2.30 bits per heavy atom. The summed E-state index contributed by atoms with van der Waals surface area (Å²) in [7, 11) is 0. The van der Waals surface area contributed by atoms with Gasteiger partial charge in [-0.05, 0) is 73.9 Å². The number of rotatable bonds is 7. The summed E-state index contributed by atoms with van der Waals surface area (Å²) in [6.07, 6.45) is -0.632. The van der Waals surface area contributed by atoms with Gasteiger partial charge in [-0.1, -0.05) is 6.07 Å². The maximum absolute atomic E-state index is 15.3. The predicted molar refractivity (Wildman–Crippen MR) is 156 cm³/mol. The molecule has 2 aliphatic heterocycles. The lowest BCUT2D eigenvalue weighted by Crippen LogP contribution is -2.38. The van der Waals surface area contributed by atoms with Crippen molar-refractivity contribution in [2.75, 3.05) is 18.0 Å². The van der Waals surface area contributed by atoms with E-state index in [0.29, 0.717) is 28.2 Å². The second kappa shape index (κ2) is 11.2. The molecule has 0 aliphatic carbocycles. The monoisotopic (exact) mass is 603 g/mol. The highest BCUT2D eigenvalue weighted by Gasteiger charge is 2.40. The van der Waals surface area contributed by atoms with Gasteiger partial charge < -0.3 is 19.8 Å². The summed E-state index contributed by atoms with van der Waals surface area (Å²) in [6, 6.07) is 12.7. The van der Waals surface area contributed by atoms with Crippen molar-refractivity contribution in [3.05, 3.63) is 100 Å². The lowest BCUT2D eigenvalue weighted by molar-refractivity contribution is 0.0696. The second-order valence-corrected chi connectivity index (χ2v) is 11.1. The van der Waals surface area contributed by atoms with Crippen LogP contribution in [0, 0.1) is 24.4 Å². The van der Waals surface area contributed by atoms with Gasteiger partial charge in [-0.3, -0.25) is 4.90 Å². The maximum Gasteiger partial charge on any atom is 0.411 e. The van der Waals surface area contributed by atoms with Crippen molar-refractivity contribution in [3.63, 3.8) is 0 Å². The van der Waals surface area contributed by atoms with E-state index >= 15 is 4.39 Å². The Balaban J connectivity index is 1.41. The minimum absolute atomic E-state index is 0.0598. The molecule has 0 unspecified atom stereocenters. The van der Waals surface area contributed by atoms with Crippen molar-refractivity contribution in [1.29, 1.82) is 0 Å². The number of halogens is 3. The van der Waals surface area contributed by atoms with Crippen LogP contribution in [0.4, 0.5) is 23.8 Å². The average molecular weight is 604 g/mol. The predicted octanol–water partition coefficient (Wildman–Crippen LogP) is 6.84. The zero-order valence-electron chi connectivity index (χ0n) is 23.9. The van der Waals surface area contributed by atoms with Crippen LogP contribution in [0.1, 0.15) is 46.6 Å². The van der Waals surface area contributed by atoms with Crippen molar-refractivity contribution >= 4 is 17.9 Å². The third-order valence-electron chi connectivity index (χ3n) is 8.20. The normalized spacial score (nSPS) is 17.9. The van der Waals surface area contributed by atoms with Crippen LogP contribution in [0.25, 0.3) is 22.3 Å². The molecule has 2 N–H and O–H groups in total.